The molecule has 0 aromatic heterocycles. The van der Waals surface area contributed by atoms with Gasteiger partial charge in [0.05, 0.1) is 18.2 Å². The summed E-state index contributed by atoms with van der Waals surface area (Å²) in [6.45, 7) is 3.14. The van der Waals surface area contributed by atoms with Gasteiger partial charge >= 0.3 is 5.97 Å². The monoisotopic (exact) mass is 486 g/mol. The Hall–Kier alpha value is -2.98. The Morgan fingerprint density at radius 1 is 1.09 bits per heavy atom. The standard InChI is InChI=1S/C24H27N3O6S/c28-24(29)4-3-8-27-10-6-17-13-19-23(15-21(17)27)33-22-14-20-16(12-18(22)25-19)5-9-26(20)7-1-2-11-34(30,31)32/h12-15H,1-11H2,(H-,28,29,30,31,32)/p+1. The van der Waals surface area contributed by atoms with Crippen LogP contribution in [0.15, 0.2) is 29.3 Å². The van der Waals surface area contributed by atoms with Crippen LogP contribution in [0.3, 0.4) is 0 Å². The summed E-state index contributed by atoms with van der Waals surface area (Å²) in [5, 5.41) is 10.8. The van der Waals surface area contributed by atoms with Crippen molar-refractivity contribution in [3.8, 4) is 11.5 Å². The summed E-state index contributed by atoms with van der Waals surface area (Å²) < 4.78 is 39.3. The van der Waals surface area contributed by atoms with E-state index in [9.17, 15) is 13.2 Å². The Labute approximate surface area is 197 Å². The van der Waals surface area contributed by atoms with E-state index in [1.165, 1.54) is 11.1 Å². The van der Waals surface area contributed by atoms with E-state index in [1.807, 2.05) is 12.1 Å². The lowest BCUT2D eigenvalue weighted by molar-refractivity contribution is -0.137. The highest BCUT2D eigenvalue weighted by molar-refractivity contribution is 7.85. The normalized spacial score (nSPS) is 15.8. The van der Waals surface area contributed by atoms with Gasteiger partial charge in [-0.15, -0.1) is 0 Å². The Balaban J connectivity index is 1.37. The summed E-state index contributed by atoms with van der Waals surface area (Å²) in [4.78, 5) is 18.0. The first-order chi connectivity index (χ1) is 16.3. The smallest absolute Gasteiger partial charge is 0.303 e. The lowest BCUT2D eigenvalue weighted by Gasteiger charge is -2.21. The number of aliphatic carboxylic acids is 1. The molecule has 2 aromatic rings. The lowest BCUT2D eigenvalue weighted by atomic mass is 10.1. The summed E-state index contributed by atoms with van der Waals surface area (Å²) >= 11 is 0. The van der Waals surface area contributed by atoms with Gasteiger partial charge in [-0.3, -0.25) is 9.35 Å². The minimum absolute atomic E-state index is 0.160. The van der Waals surface area contributed by atoms with Crippen LogP contribution in [0, 0.1) is 0 Å². The molecule has 0 saturated carbocycles. The van der Waals surface area contributed by atoms with Crippen LogP contribution in [-0.2, 0) is 27.8 Å². The summed E-state index contributed by atoms with van der Waals surface area (Å²) in [7, 11) is -3.92. The molecule has 0 fully saturated rings. The molecule has 0 atom stereocenters. The van der Waals surface area contributed by atoms with Gasteiger partial charge in [0.15, 0.2) is 11.5 Å². The SMILES string of the molecule is O=C(O)CCC[N+]1=c2cc3c(cc2CC1)=Nc1cc2c(cc1O3)N(CCCCS(=O)(=O)O)CC2. The predicted molar refractivity (Wildman–Crippen MR) is 127 cm³/mol. The maximum atomic E-state index is 10.9. The highest BCUT2D eigenvalue weighted by Crippen LogP contribution is 2.41. The largest absolute Gasteiger partial charge is 0.481 e. The van der Waals surface area contributed by atoms with Crippen LogP contribution in [0.1, 0.15) is 36.8 Å². The van der Waals surface area contributed by atoms with Gasteiger partial charge in [-0.05, 0) is 37.0 Å². The quantitative estimate of drug-likeness (QED) is 0.268. The van der Waals surface area contributed by atoms with Crippen LogP contribution in [0.4, 0.5) is 11.4 Å². The first-order valence-corrected chi connectivity index (χ1v) is 13.3. The van der Waals surface area contributed by atoms with Crippen molar-refractivity contribution in [1.29, 1.82) is 0 Å². The van der Waals surface area contributed by atoms with E-state index >= 15 is 0 Å². The number of ether oxygens (including phenoxy) is 1. The minimum Gasteiger partial charge on any atom is -0.481 e. The fourth-order valence-electron chi connectivity index (χ4n) is 5.00. The van der Waals surface area contributed by atoms with E-state index in [-0.39, 0.29) is 12.2 Å². The summed E-state index contributed by atoms with van der Waals surface area (Å²) in [5.74, 6) is 0.415. The molecule has 2 N–H and O–H groups in total. The second kappa shape index (κ2) is 8.99. The molecule has 5 rings (SSSR count). The molecule has 0 saturated heterocycles. The number of nitrogens with zero attached hydrogens (tertiary/aromatic N) is 3. The number of unbranched alkanes of at least 4 members (excludes halogenated alkanes) is 1. The van der Waals surface area contributed by atoms with Crippen molar-refractivity contribution in [2.45, 2.75) is 38.5 Å². The molecule has 9 nitrogen and oxygen atoms in total. The van der Waals surface area contributed by atoms with E-state index in [1.54, 1.807) is 0 Å². The third-order valence-electron chi connectivity index (χ3n) is 6.66. The maximum absolute atomic E-state index is 10.9. The van der Waals surface area contributed by atoms with Crippen LogP contribution in [0.5, 0.6) is 11.5 Å². The maximum Gasteiger partial charge on any atom is 0.303 e. The van der Waals surface area contributed by atoms with Crippen molar-refractivity contribution in [3.63, 3.8) is 0 Å². The van der Waals surface area contributed by atoms with Crippen LogP contribution < -0.4 is 24.9 Å². The van der Waals surface area contributed by atoms with Crippen LogP contribution >= 0.6 is 0 Å². The Morgan fingerprint density at radius 2 is 1.94 bits per heavy atom. The second-order valence-corrected chi connectivity index (χ2v) is 10.6. The minimum atomic E-state index is -3.92. The average Bonchev–Trinajstić information content (AvgIpc) is 3.34. The van der Waals surface area contributed by atoms with Crippen LogP contribution in [0.25, 0.3) is 0 Å². The number of carboxylic acid groups (broad SMARTS) is 1. The fourth-order valence-corrected chi connectivity index (χ4v) is 5.57. The molecule has 0 bridgehead atoms. The van der Waals surface area contributed by atoms with Crippen LogP contribution in [0.2, 0.25) is 0 Å². The van der Waals surface area contributed by atoms with E-state index in [2.05, 4.69) is 21.6 Å². The summed E-state index contributed by atoms with van der Waals surface area (Å²) in [6, 6.07) is 8.20. The summed E-state index contributed by atoms with van der Waals surface area (Å²) in [5.41, 5.74) is 4.31. The second-order valence-electron chi connectivity index (χ2n) is 9.08. The number of anilines is 1. The number of hydrogen-bond donors (Lipinski definition) is 2. The number of fused-ring (bicyclic) bond motifs is 4. The molecule has 180 valence electrons. The molecule has 0 aliphatic carbocycles. The summed E-state index contributed by atoms with van der Waals surface area (Å²) in [6.07, 6.45) is 3.67. The van der Waals surface area contributed by atoms with Gasteiger partial charge in [0.25, 0.3) is 10.1 Å². The van der Waals surface area contributed by atoms with Gasteiger partial charge in [0, 0.05) is 43.2 Å². The van der Waals surface area contributed by atoms with Crippen molar-refractivity contribution in [3.05, 3.63) is 46.1 Å². The Morgan fingerprint density at radius 3 is 2.74 bits per heavy atom. The van der Waals surface area contributed by atoms with E-state index in [0.717, 1.165) is 48.0 Å². The van der Waals surface area contributed by atoms with Gasteiger partial charge in [-0.1, -0.05) is 0 Å². The number of hydrogen-bond acceptors (Lipinski definition) is 6. The third kappa shape index (κ3) is 4.78. The zero-order valence-corrected chi connectivity index (χ0v) is 19.7. The number of benzene rings is 2. The Bertz CT molecular complexity index is 1390. The highest BCUT2D eigenvalue weighted by atomic mass is 32.2. The van der Waals surface area contributed by atoms with Crippen molar-refractivity contribution in [2.75, 3.05) is 36.8 Å². The Kier molecular flexibility index (Phi) is 6.03. The van der Waals surface area contributed by atoms with Gasteiger partial charge in [0.1, 0.15) is 24.1 Å². The number of carboxylic acids is 1. The zero-order valence-electron chi connectivity index (χ0n) is 18.9. The van der Waals surface area contributed by atoms with E-state index < -0.39 is 16.1 Å². The molecular weight excluding hydrogens is 458 g/mol. The predicted octanol–water partition coefficient (Wildman–Crippen LogP) is 1.69. The van der Waals surface area contributed by atoms with E-state index in [0.29, 0.717) is 43.9 Å². The van der Waals surface area contributed by atoms with Crippen molar-refractivity contribution >= 4 is 27.5 Å². The molecule has 2 aromatic carbocycles. The first-order valence-electron chi connectivity index (χ1n) is 11.7. The molecule has 0 radical (unpaired) electrons. The number of rotatable bonds is 9. The van der Waals surface area contributed by atoms with Crippen LogP contribution in [-0.4, -0.2) is 56.0 Å². The molecule has 3 aliphatic rings. The topological polar surface area (TPSA) is 120 Å². The molecule has 10 heteroatoms. The molecular formula is C24H28N3O6S+. The molecule has 3 heterocycles. The molecule has 0 spiro atoms. The van der Waals surface area contributed by atoms with Crippen molar-refractivity contribution < 1.29 is 27.6 Å². The van der Waals surface area contributed by atoms with Gasteiger partial charge in [-0.2, -0.15) is 8.42 Å². The van der Waals surface area contributed by atoms with Gasteiger partial charge in [-0.25, -0.2) is 9.57 Å². The number of carbonyl (C=O) groups is 1. The van der Waals surface area contributed by atoms with Crippen molar-refractivity contribution in [2.24, 2.45) is 4.99 Å². The molecule has 34 heavy (non-hydrogen) atoms. The highest BCUT2D eigenvalue weighted by Gasteiger charge is 2.26. The molecule has 0 amide bonds. The molecule has 0 unspecified atom stereocenters. The molecule has 3 aliphatic heterocycles. The third-order valence-corrected chi connectivity index (χ3v) is 7.47. The zero-order chi connectivity index (χ0) is 23.9. The van der Waals surface area contributed by atoms with E-state index in [4.69, 9.17) is 19.4 Å². The first kappa shape index (κ1) is 22.8. The van der Waals surface area contributed by atoms with Gasteiger partial charge < -0.3 is 14.7 Å². The van der Waals surface area contributed by atoms with Gasteiger partial charge in [0.2, 0.25) is 5.36 Å². The lowest BCUT2D eigenvalue weighted by Crippen LogP contribution is -2.29. The fraction of sp³-hybridized carbons (Fsp3) is 0.458. The average molecular weight is 487 g/mol. The van der Waals surface area contributed by atoms with Crippen molar-refractivity contribution in [1.82, 2.24) is 4.58 Å².